The Morgan fingerprint density at radius 2 is 2.20 bits per heavy atom. The van der Waals surface area contributed by atoms with Gasteiger partial charge >= 0.3 is 5.69 Å². The molecule has 1 aromatic heterocycles. The monoisotopic (exact) mass is 337 g/mol. The molecule has 1 heterocycles. The van der Waals surface area contributed by atoms with Crippen molar-refractivity contribution in [3.63, 3.8) is 0 Å². The summed E-state index contributed by atoms with van der Waals surface area (Å²) in [5.41, 5.74) is 0.693. The molecule has 1 aromatic carbocycles. The van der Waals surface area contributed by atoms with Gasteiger partial charge in [0, 0.05) is 23.2 Å². The summed E-state index contributed by atoms with van der Waals surface area (Å²) in [5.74, 6) is 0.613. The number of rotatable bonds is 5. The SMILES string of the molecule is CCNc1cncc(Oc2ccc(Br)cc2[N+](=O)[O-])c1. The second kappa shape index (κ2) is 6.33. The predicted molar refractivity (Wildman–Crippen MR) is 79.3 cm³/mol. The normalized spacial score (nSPS) is 10.1. The van der Waals surface area contributed by atoms with E-state index in [1.165, 1.54) is 12.3 Å². The lowest BCUT2D eigenvalue weighted by molar-refractivity contribution is -0.385. The Morgan fingerprint density at radius 3 is 2.90 bits per heavy atom. The first-order valence-corrected chi connectivity index (χ1v) is 6.70. The van der Waals surface area contributed by atoms with Crippen LogP contribution < -0.4 is 10.1 Å². The first-order chi connectivity index (χ1) is 9.60. The highest BCUT2D eigenvalue weighted by molar-refractivity contribution is 9.10. The molecule has 0 saturated carbocycles. The van der Waals surface area contributed by atoms with E-state index in [1.54, 1.807) is 24.4 Å². The molecule has 0 aliphatic carbocycles. The second-order valence-corrected chi connectivity index (χ2v) is 4.83. The van der Waals surface area contributed by atoms with Gasteiger partial charge in [0.05, 0.1) is 23.0 Å². The summed E-state index contributed by atoms with van der Waals surface area (Å²) in [7, 11) is 0. The van der Waals surface area contributed by atoms with E-state index in [0.717, 1.165) is 12.2 Å². The second-order valence-electron chi connectivity index (χ2n) is 3.91. The molecule has 20 heavy (non-hydrogen) atoms. The minimum absolute atomic E-state index is 0.103. The zero-order valence-corrected chi connectivity index (χ0v) is 12.3. The van der Waals surface area contributed by atoms with Crippen molar-refractivity contribution in [1.29, 1.82) is 0 Å². The molecular weight excluding hydrogens is 326 g/mol. The number of ether oxygens (including phenoxy) is 1. The largest absolute Gasteiger partial charge is 0.448 e. The molecule has 0 unspecified atom stereocenters. The Hall–Kier alpha value is -2.15. The maximum Gasteiger partial charge on any atom is 0.312 e. The number of nitrogens with zero attached hydrogens (tertiary/aromatic N) is 2. The topological polar surface area (TPSA) is 77.3 Å². The first kappa shape index (κ1) is 14.3. The van der Waals surface area contributed by atoms with Crippen LogP contribution in [0.15, 0.2) is 41.1 Å². The number of hydrogen-bond donors (Lipinski definition) is 1. The Morgan fingerprint density at radius 1 is 1.40 bits per heavy atom. The molecule has 6 nitrogen and oxygen atoms in total. The van der Waals surface area contributed by atoms with Crippen molar-refractivity contribution in [1.82, 2.24) is 4.98 Å². The summed E-state index contributed by atoms with van der Waals surface area (Å²) in [5, 5.41) is 14.1. The Balaban J connectivity index is 2.30. The molecule has 0 fully saturated rings. The molecule has 0 amide bonds. The lowest BCUT2D eigenvalue weighted by Crippen LogP contribution is -1.98. The molecule has 0 aliphatic heterocycles. The lowest BCUT2D eigenvalue weighted by atomic mass is 10.3. The average Bonchev–Trinajstić information content (AvgIpc) is 2.41. The minimum Gasteiger partial charge on any atom is -0.448 e. The molecule has 1 N–H and O–H groups in total. The summed E-state index contributed by atoms with van der Waals surface area (Å²) in [6.07, 6.45) is 3.17. The van der Waals surface area contributed by atoms with Gasteiger partial charge in [-0.15, -0.1) is 0 Å². The van der Waals surface area contributed by atoms with Crippen molar-refractivity contribution in [2.75, 3.05) is 11.9 Å². The third-order valence-electron chi connectivity index (χ3n) is 2.44. The van der Waals surface area contributed by atoms with Crippen LogP contribution in [0.2, 0.25) is 0 Å². The number of nitro groups is 1. The van der Waals surface area contributed by atoms with E-state index in [0.29, 0.717) is 10.2 Å². The fourth-order valence-electron chi connectivity index (χ4n) is 1.62. The van der Waals surface area contributed by atoms with Crippen LogP contribution in [-0.4, -0.2) is 16.5 Å². The molecule has 0 bridgehead atoms. The number of halogens is 1. The summed E-state index contributed by atoms with van der Waals surface area (Å²) < 4.78 is 6.17. The number of nitro benzene ring substituents is 1. The third-order valence-corrected chi connectivity index (χ3v) is 2.93. The molecule has 0 spiro atoms. The third kappa shape index (κ3) is 3.45. The molecule has 2 rings (SSSR count). The summed E-state index contributed by atoms with van der Waals surface area (Å²) in [4.78, 5) is 14.6. The van der Waals surface area contributed by atoms with E-state index in [4.69, 9.17) is 4.74 Å². The summed E-state index contributed by atoms with van der Waals surface area (Å²) in [6, 6.07) is 6.37. The zero-order valence-electron chi connectivity index (χ0n) is 10.7. The Bertz CT molecular complexity index is 634. The molecular formula is C13H12BrN3O3. The molecule has 104 valence electrons. The van der Waals surface area contributed by atoms with Crippen molar-refractivity contribution in [3.05, 3.63) is 51.2 Å². The van der Waals surface area contributed by atoms with Gasteiger partial charge in [0.2, 0.25) is 5.75 Å². The first-order valence-electron chi connectivity index (χ1n) is 5.91. The smallest absolute Gasteiger partial charge is 0.312 e. The molecule has 2 aromatic rings. The van der Waals surface area contributed by atoms with Gasteiger partial charge in [0.1, 0.15) is 5.75 Å². The predicted octanol–water partition coefficient (Wildman–Crippen LogP) is 3.98. The summed E-state index contributed by atoms with van der Waals surface area (Å²) >= 11 is 3.20. The van der Waals surface area contributed by atoms with E-state index < -0.39 is 4.92 Å². The standard InChI is InChI=1S/C13H12BrN3O3/c1-2-16-10-6-11(8-15-7-10)20-13-4-3-9(14)5-12(13)17(18)19/h3-8,16H,2H2,1H3. The summed E-state index contributed by atoms with van der Waals surface area (Å²) in [6.45, 7) is 2.72. The van der Waals surface area contributed by atoms with E-state index in [1.807, 2.05) is 6.92 Å². The van der Waals surface area contributed by atoms with Gasteiger partial charge in [0.15, 0.2) is 0 Å². The van der Waals surface area contributed by atoms with Crippen LogP contribution >= 0.6 is 15.9 Å². The van der Waals surface area contributed by atoms with Gasteiger partial charge in [-0.25, -0.2) is 0 Å². The zero-order chi connectivity index (χ0) is 14.5. The maximum absolute atomic E-state index is 11.0. The van der Waals surface area contributed by atoms with E-state index in [-0.39, 0.29) is 11.4 Å². The molecule has 0 saturated heterocycles. The number of pyridine rings is 1. The van der Waals surface area contributed by atoms with Gasteiger partial charge in [-0.2, -0.15) is 0 Å². The highest BCUT2D eigenvalue weighted by Gasteiger charge is 2.16. The number of hydrogen-bond acceptors (Lipinski definition) is 5. The van der Waals surface area contributed by atoms with E-state index in [9.17, 15) is 10.1 Å². The van der Waals surface area contributed by atoms with Crippen molar-refractivity contribution < 1.29 is 9.66 Å². The molecule has 7 heteroatoms. The molecule has 0 atom stereocenters. The fourth-order valence-corrected chi connectivity index (χ4v) is 1.97. The van der Waals surface area contributed by atoms with Crippen LogP contribution in [0, 0.1) is 10.1 Å². The number of anilines is 1. The average molecular weight is 338 g/mol. The molecule has 0 aliphatic rings. The number of nitrogens with one attached hydrogen (secondary N) is 1. The Kier molecular flexibility index (Phi) is 4.52. The van der Waals surface area contributed by atoms with Crippen LogP contribution in [0.1, 0.15) is 6.92 Å². The van der Waals surface area contributed by atoms with E-state index >= 15 is 0 Å². The Labute approximate surface area is 124 Å². The van der Waals surface area contributed by atoms with Crippen LogP contribution in [0.25, 0.3) is 0 Å². The van der Waals surface area contributed by atoms with Gasteiger partial charge in [-0.1, -0.05) is 15.9 Å². The van der Waals surface area contributed by atoms with Gasteiger partial charge < -0.3 is 10.1 Å². The highest BCUT2D eigenvalue weighted by atomic mass is 79.9. The van der Waals surface area contributed by atoms with Crippen molar-refractivity contribution in [3.8, 4) is 11.5 Å². The van der Waals surface area contributed by atoms with Crippen molar-refractivity contribution in [2.24, 2.45) is 0 Å². The fraction of sp³-hybridized carbons (Fsp3) is 0.154. The number of aromatic nitrogens is 1. The number of benzene rings is 1. The van der Waals surface area contributed by atoms with Crippen LogP contribution in [0.3, 0.4) is 0 Å². The van der Waals surface area contributed by atoms with Crippen molar-refractivity contribution in [2.45, 2.75) is 6.92 Å². The minimum atomic E-state index is -0.484. The van der Waals surface area contributed by atoms with E-state index in [2.05, 4.69) is 26.2 Å². The lowest BCUT2D eigenvalue weighted by Gasteiger charge is -2.08. The maximum atomic E-state index is 11.0. The van der Waals surface area contributed by atoms with Crippen LogP contribution in [0.5, 0.6) is 11.5 Å². The van der Waals surface area contributed by atoms with Gasteiger partial charge in [-0.05, 0) is 19.1 Å². The van der Waals surface area contributed by atoms with Gasteiger partial charge in [0.25, 0.3) is 0 Å². The van der Waals surface area contributed by atoms with Crippen LogP contribution in [0.4, 0.5) is 11.4 Å². The molecule has 0 radical (unpaired) electrons. The van der Waals surface area contributed by atoms with Crippen molar-refractivity contribution >= 4 is 27.3 Å². The highest BCUT2D eigenvalue weighted by Crippen LogP contribution is 2.33. The van der Waals surface area contributed by atoms with Crippen LogP contribution in [-0.2, 0) is 0 Å². The van der Waals surface area contributed by atoms with Gasteiger partial charge in [-0.3, -0.25) is 15.1 Å². The quantitative estimate of drug-likeness (QED) is 0.659.